The molecular weight excluding hydrogens is 324 g/mol. The van der Waals surface area contributed by atoms with Crippen LogP contribution in [0.25, 0.3) is 0 Å². The molecule has 138 valence electrons. The van der Waals surface area contributed by atoms with Crippen molar-refractivity contribution in [3.8, 4) is 0 Å². The maximum absolute atomic E-state index is 12.3. The number of amides is 2. The summed E-state index contributed by atoms with van der Waals surface area (Å²) in [6, 6.07) is 13.5. The number of carbonyl (C=O) groups is 2. The van der Waals surface area contributed by atoms with Crippen molar-refractivity contribution >= 4 is 23.2 Å². The molecule has 0 heterocycles. The van der Waals surface area contributed by atoms with Gasteiger partial charge in [-0.15, -0.1) is 0 Å². The van der Waals surface area contributed by atoms with Crippen molar-refractivity contribution in [2.75, 3.05) is 10.6 Å². The van der Waals surface area contributed by atoms with E-state index in [1.807, 2.05) is 49.4 Å². The highest BCUT2D eigenvalue weighted by Crippen LogP contribution is 2.27. The molecule has 0 saturated heterocycles. The third-order valence-electron chi connectivity index (χ3n) is 4.40. The Labute approximate surface area is 156 Å². The predicted octanol–water partition coefficient (Wildman–Crippen LogP) is 5.04. The first-order valence-corrected chi connectivity index (χ1v) is 9.23. The Morgan fingerprint density at radius 3 is 2.23 bits per heavy atom. The van der Waals surface area contributed by atoms with Crippen molar-refractivity contribution in [3.63, 3.8) is 0 Å². The van der Waals surface area contributed by atoms with Crippen LogP contribution in [0.1, 0.15) is 56.2 Å². The number of unbranched alkanes of at least 4 members (excludes halogenated alkanes) is 1. The van der Waals surface area contributed by atoms with Gasteiger partial charge in [0.25, 0.3) is 0 Å². The summed E-state index contributed by atoms with van der Waals surface area (Å²) in [6.07, 6.45) is 3.31. The number of hydrogen-bond acceptors (Lipinski definition) is 2. The maximum Gasteiger partial charge on any atom is 0.314 e. The molecule has 2 N–H and O–H groups in total. The molecule has 2 rings (SSSR count). The summed E-state index contributed by atoms with van der Waals surface area (Å²) in [6.45, 7) is 8.20. The Morgan fingerprint density at radius 1 is 0.962 bits per heavy atom. The molecule has 0 spiro atoms. The van der Waals surface area contributed by atoms with Gasteiger partial charge in [0.05, 0.1) is 0 Å². The van der Waals surface area contributed by atoms with Crippen LogP contribution >= 0.6 is 0 Å². The molecule has 0 fully saturated rings. The lowest BCUT2D eigenvalue weighted by Crippen LogP contribution is -2.29. The molecule has 4 heteroatoms. The quantitative estimate of drug-likeness (QED) is 0.716. The van der Waals surface area contributed by atoms with E-state index < -0.39 is 11.8 Å². The van der Waals surface area contributed by atoms with Gasteiger partial charge < -0.3 is 10.6 Å². The first kappa shape index (κ1) is 19.7. The zero-order chi connectivity index (χ0) is 19.1. The summed E-state index contributed by atoms with van der Waals surface area (Å²) in [5.74, 6) is -1.07. The van der Waals surface area contributed by atoms with E-state index in [-0.39, 0.29) is 5.92 Å². The first-order chi connectivity index (χ1) is 12.4. The largest absolute Gasteiger partial charge is 0.318 e. The van der Waals surface area contributed by atoms with Gasteiger partial charge in [0.2, 0.25) is 0 Å². The third kappa shape index (κ3) is 5.19. The van der Waals surface area contributed by atoms with Crippen molar-refractivity contribution in [1.82, 2.24) is 0 Å². The monoisotopic (exact) mass is 352 g/mol. The summed E-state index contributed by atoms with van der Waals surface area (Å²) < 4.78 is 0. The van der Waals surface area contributed by atoms with Gasteiger partial charge in [-0.3, -0.25) is 9.59 Å². The highest BCUT2D eigenvalue weighted by Gasteiger charge is 2.18. The standard InChI is InChI=1S/C22H28N2O2/c1-5-6-9-17-11-13-18(14-12-17)23-21(25)22(26)24-20-16(4)8-7-10-19(20)15(2)3/h7-8,10-15H,5-6,9H2,1-4H3,(H,23,25)(H,24,26). The van der Waals surface area contributed by atoms with E-state index in [1.165, 1.54) is 5.56 Å². The number of aryl methyl sites for hydroxylation is 2. The van der Waals surface area contributed by atoms with Crippen molar-refractivity contribution < 1.29 is 9.59 Å². The second-order valence-electron chi connectivity index (χ2n) is 6.90. The number of benzene rings is 2. The Kier molecular flexibility index (Phi) is 6.96. The number of rotatable bonds is 6. The second kappa shape index (κ2) is 9.18. The number of nitrogens with one attached hydrogen (secondary N) is 2. The molecule has 2 aromatic carbocycles. The van der Waals surface area contributed by atoms with Crippen LogP contribution in [0.4, 0.5) is 11.4 Å². The van der Waals surface area contributed by atoms with Gasteiger partial charge in [0, 0.05) is 11.4 Å². The minimum Gasteiger partial charge on any atom is -0.318 e. The fourth-order valence-corrected chi connectivity index (χ4v) is 2.84. The number of para-hydroxylation sites is 1. The van der Waals surface area contributed by atoms with Crippen LogP contribution < -0.4 is 10.6 Å². The summed E-state index contributed by atoms with van der Waals surface area (Å²) in [5, 5.41) is 5.43. The van der Waals surface area contributed by atoms with Crippen LogP contribution in [-0.2, 0) is 16.0 Å². The molecule has 0 unspecified atom stereocenters. The van der Waals surface area contributed by atoms with E-state index in [9.17, 15) is 9.59 Å². The molecule has 0 aliphatic rings. The van der Waals surface area contributed by atoms with Crippen LogP contribution in [0.2, 0.25) is 0 Å². The highest BCUT2D eigenvalue weighted by atomic mass is 16.2. The first-order valence-electron chi connectivity index (χ1n) is 9.23. The van der Waals surface area contributed by atoms with E-state index in [1.54, 1.807) is 0 Å². The average Bonchev–Trinajstić information content (AvgIpc) is 2.62. The molecule has 26 heavy (non-hydrogen) atoms. The Morgan fingerprint density at radius 2 is 1.62 bits per heavy atom. The zero-order valence-corrected chi connectivity index (χ0v) is 16.1. The van der Waals surface area contributed by atoms with E-state index in [0.29, 0.717) is 5.69 Å². The smallest absolute Gasteiger partial charge is 0.314 e. The molecule has 0 aliphatic carbocycles. The van der Waals surface area contributed by atoms with Crippen LogP contribution in [0, 0.1) is 6.92 Å². The summed E-state index contributed by atoms with van der Waals surface area (Å²) in [4.78, 5) is 24.6. The Bertz CT molecular complexity index is 764. The minimum absolute atomic E-state index is 0.254. The lowest BCUT2D eigenvalue weighted by molar-refractivity contribution is -0.133. The minimum atomic E-state index is -0.663. The summed E-state index contributed by atoms with van der Waals surface area (Å²) in [7, 11) is 0. The summed E-state index contributed by atoms with van der Waals surface area (Å²) >= 11 is 0. The van der Waals surface area contributed by atoms with Crippen molar-refractivity contribution in [1.29, 1.82) is 0 Å². The van der Waals surface area contributed by atoms with Gasteiger partial charge >= 0.3 is 11.8 Å². The molecule has 0 radical (unpaired) electrons. The zero-order valence-electron chi connectivity index (χ0n) is 16.1. The Hall–Kier alpha value is -2.62. The third-order valence-corrected chi connectivity index (χ3v) is 4.40. The van der Waals surface area contributed by atoms with E-state index in [2.05, 4.69) is 31.4 Å². The van der Waals surface area contributed by atoms with Gasteiger partial charge in [0.15, 0.2) is 0 Å². The number of hydrogen-bond donors (Lipinski definition) is 2. The van der Waals surface area contributed by atoms with Crippen molar-refractivity contribution in [3.05, 3.63) is 59.2 Å². The highest BCUT2D eigenvalue weighted by molar-refractivity contribution is 6.43. The molecule has 0 aliphatic heterocycles. The predicted molar refractivity (Wildman–Crippen MR) is 108 cm³/mol. The normalized spacial score (nSPS) is 10.7. The van der Waals surface area contributed by atoms with Gasteiger partial charge in [0.1, 0.15) is 0 Å². The van der Waals surface area contributed by atoms with Gasteiger partial charge in [-0.25, -0.2) is 0 Å². The van der Waals surface area contributed by atoms with E-state index in [0.717, 1.165) is 36.1 Å². The van der Waals surface area contributed by atoms with Crippen LogP contribution in [0.15, 0.2) is 42.5 Å². The van der Waals surface area contributed by atoms with Crippen LogP contribution in [-0.4, -0.2) is 11.8 Å². The average molecular weight is 352 g/mol. The molecule has 0 aromatic heterocycles. The van der Waals surface area contributed by atoms with Crippen molar-refractivity contribution in [2.45, 2.75) is 52.9 Å². The van der Waals surface area contributed by atoms with E-state index in [4.69, 9.17) is 0 Å². The van der Waals surface area contributed by atoms with E-state index >= 15 is 0 Å². The fraction of sp³-hybridized carbons (Fsp3) is 0.364. The lowest BCUT2D eigenvalue weighted by Gasteiger charge is -2.16. The van der Waals surface area contributed by atoms with Crippen LogP contribution in [0.5, 0.6) is 0 Å². The topological polar surface area (TPSA) is 58.2 Å². The number of carbonyl (C=O) groups excluding carboxylic acids is 2. The molecule has 4 nitrogen and oxygen atoms in total. The maximum atomic E-state index is 12.3. The molecule has 0 bridgehead atoms. The van der Waals surface area contributed by atoms with Gasteiger partial charge in [-0.1, -0.05) is 57.5 Å². The fourth-order valence-electron chi connectivity index (χ4n) is 2.84. The number of anilines is 2. The molecule has 2 aromatic rings. The van der Waals surface area contributed by atoms with Gasteiger partial charge in [-0.05, 0) is 54.5 Å². The second-order valence-corrected chi connectivity index (χ2v) is 6.90. The molecule has 0 atom stereocenters. The van der Waals surface area contributed by atoms with Crippen LogP contribution in [0.3, 0.4) is 0 Å². The van der Waals surface area contributed by atoms with Crippen molar-refractivity contribution in [2.24, 2.45) is 0 Å². The van der Waals surface area contributed by atoms with Gasteiger partial charge in [-0.2, -0.15) is 0 Å². The SMILES string of the molecule is CCCCc1ccc(NC(=O)C(=O)Nc2c(C)cccc2C(C)C)cc1. The molecule has 2 amide bonds. The molecule has 0 saturated carbocycles. The Balaban J connectivity index is 2.03. The lowest BCUT2D eigenvalue weighted by atomic mass is 9.98. The molecular formula is C22H28N2O2. The summed E-state index contributed by atoms with van der Waals surface area (Å²) in [5.41, 5.74) is 4.54.